The Kier molecular flexibility index (Phi) is 4.60. The van der Waals surface area contributed by atoms with E-state index in [9.17, 15) is 9.90 Å². The number of hydrogen-bond acceptors (Lipinski definition) is 3. The van der Waals surface area contributed by atoms with Gasteiger partial charge in [-0.25, -0.2) is 4.79 Å². The van der Waals surface area contributed by atoms with Gasteiger partial charge in [0.15, 0.2) is 6.10 Å². The predicted octanol–water partition coefficient (Wildman–Crippen LogP) is 3.00. The van der Waals surface area contributed by atoms with Gasteiger partial charge in [-0.1, -0.05) is 30.3 Å². The summed E-state index contributed by atoms with van der Waals surface area (Å²) in [6.07, 6.45) is -1.54. The van der Waals surface area contributed by atoms with Crippen LogP contribution >= 0.6 is 0 Å². The molecule has 1 unspecified atom stereocenters. The Hall–Kier alpha value is -2.33. The van der Waals surface area contributed by atoms with Gasteiger partial charge in [-0.3, -0.25) is 0 Å². The number of carboxylic acid groups (broad SMARTS) is 1. The van der Waals surface area contributed by atoms with E-state index in [4.69, 9.17) is 9.84 Å². The van der Waals surface area contributed by atoms with E-state index in [0.29, 0.717) is 11.1 Å². The van der Waals surface area contributed by atoms with Crippen molar-refractivity contribution < 1.29 is 19.7 Å². The lowest BCUT2D eigenvalue weighted by Crippen LogP contribution is -2.13. The highest BCUT2D eigenvalue weighted by molar-refractivity contribution is 5.74. The zero-order valence-electron chi connectivity index (χ0n) is 12.0. The maximum absolute atomic E-state index is 10.9. The second kappa shape index (κ2) is 6.41. The molecule has 0 aliphatic rings. The van der Waals surface area contributed by atoms with E-state index >= 15 is 0 Å². The molecule has 0 radical (unpaired) electrons. The van der Waals surface area contributed by atoms with Gasteiger partial charge in [0.05, 0.1) is 0 Å². The summed E-state index contributed by atoms with van der Waals surface area (Å²) in [6, 6.07) is 12.7. The second-order valence-electron chi connectivity index (χ2n) is 5.05. The van der Waals surface area contributed by atoms with Crippen LogP contribution in [0.15, 0.2) is 42.5 Å². The molecule has 0 aliphatic carbocycles. The predicted molar refractivity (Wildman–Crippen MR) is 79.3 cm³/mol. The summed E-state index contributed by atoms with van der Waals surface area (Å²) >= 11 is 0. The topological polar surface area (TPSA) is 66.8 Å². The molecule has 0 aromatic heterocycles. The second-order valence-corrected chi connectivity index (χ2v) is 5.05. The minimum atomic E-state index is -1.54. The number of aliphatic hydroxyl groups excluding tert-OH is 1. The average Bonchev–Trinajstić information content (AvgIpc) is 2.43. The van der Waals surface area contributed by atoms with Crippen molar-refractivity contribution in [3.05, 3.63) is 64.7 Å². The van der Waals surface area contributed by atoms with Crippen molar-refractivity contribution in [3.63, 3.8) is 0 Å². The van der Waals surface area contributed by atoms with Gasteiger partial charge in [0.1, 0.15) is 12.4 Å². The van der Waals surface area contributed by atoms with E-state index in [1.165, 1.54) is 0 Å². The highest BCUT2D eigenvalue weighted by atomic mass is 16.5. The van der Waals surface area contributed by atoms with Gasteiger partial charge in [-0.05, 0) is 48.2 Å². The summed E-state index contributed by atoms with van der Waals surface area (Å²) in [5, 5.41) is 18.6. The first-order valence-corrected chi connectivity index (χ1v) is 6.67. The Morgan fingerprint density at radius 2 is 1.76 bits per heavy atom. The van der Waals surface area contributed by atoms with Gasteiger partial charge in [0.2, 0.25) is 0 Å². The van der Waals surface area contributed by atoms with Crippen LogP contribution in [0.1, 0.15) is 28.4 Å². The van der Waals surface area contributed by atoms with Crippen LogP contribution in [0.5, 0.6) is 5.75 Å². The molecule has 0 spiro atoms. The molecule has 110 valence electrons. The van der Waals surface area contributed by atoms with E-state index in [0.717, 1.165) is 16.9 Å². The summed E-state index contributed by atoms with van der Waals surface area (Å²) in [5.41, 5.74) is 3.22. The highest BCUT2D eigenvalue weighted by Gasteiger charge is 2.19. The normalized spacial score (nSPS) is 12.0. The van der Waals surface area contributed by atoms with Gasteiger partial charge in [0, 0.05) is 0 Å². The van der Waals surface area contributed by atoms with Crippen molar-refractivity contribution in [2.75, 3.05) is 0 Å². The molecular formula is C17H18O4. The molecule has 0 saturated heterocycles. The molecule has 0 saturated carbocycles. The standard InChI is InChI=1S/C17H18O4/c1-11-7-12(2)9-14(8-11)21-10-13-5-3-4-6-15(13)16(18)17(19)20/h3-9,16,18H,10H2,1-2H3,(H,19,20). The van der Waals surface area contributed by atoms with Gasteiger partial charge >= 0.3 is 5.97 Å². The summed E-state index contributed by atoms with van der Waals surface area (Å²) in [4.78, 5) is 10.9. The number of rotatable bonds is 5. The van der Waals surface area contributed by atoms with Gasteiger partial charge < -0.3 is 14.9 Å². The number of aryl methyl sites for hydroxylation is 2. The first-order valence-electron chi connectivity index (χ1n) is 6.67. The molecular weight excluding hydrogens is 268 g/mol. The quantitative estimate of drug-likeness (QED) is 0.886. The molecule has 0 heterocycles. The summed E-state index contributed by atoms with van der Waals surface area (Å²) < 4.78 is 5.72. The third-order valence-corrected chi connectivity index (χ3v) is 3.17. The summed E-state index contributed by atoms with van der Waals surface area (Å²) in [6.45, 7) is 4.19. The van der Waals surface area contributed by atoms with Crippen LogP contribution in [0.25, 0.3) is 0 Å². The van der Waals surface area contributed by atoms with Crippen LogP contribution in [0.4, 0.5) is 0 Å². The van der Waals surface area contributed by atoms with E-state index in [2.05, 4.69) is 6.07 Å². The third kappa shape index (κ3) is 3.83. The van der Waals surface area contributed by atoms with E-state index < -0.39 is 12.1 Å². The van der Waals surface area contributed by atoms with Crippen LogP contribution in [-0.4, -0.2) is 16.2 Å². The number of aliphatic hydroxyl groups is 1. The van der Waals surface area contributed by atoms with Crippen molar-refractivity contribution in [1.29, 1.82) is 0 Å². The van der Waals surface area contributed by atoms with Crippen molar-refractivity contribution in [3.8, 4) is 5.75 Å². The SMILES string of the molecule is Cc1cc(C)cc(OCc2ccccc2C(O)C(=O)O)c1. The molecule has 2 aromatic carbocycles. The maximum Gasteiger partial charge on any atom is 0.337 e. The number of ether oxygens (including phenoxy) is 1. The zero-order valence-corrected chi connectivity index (χ0v) is 12.0. The largest absolute Gasteiger partial charge is 0.489 e. The van der Waals surface area contributed by atoms with Crippen molar-refractivity contribution in [1.82, 2.24) is 0 Å². The Bertz CT molecular complexity index is 629. The van der Waals surface area contributed by atoms with Crippen LogP contribution < -0.4 is 4.74 Å². The number of carboxylic acids is 1. The van der Waals surface area contributed by atoms with Crippen molar-refractivity contribution in [2.24, 2.45) is 0 Å². The lowest BCUT2D eigenvalue weighted by molar-refractivity contribution is -0.147. The minimum Gasteiger partial charge on any atom is -0.489 e. The zero-order chi connectivity index (χ0) is 15.4. The van der Waals surface area contributed by atoms with Crippen LogP contribution in [0.2, 0.25) is 0 Å². The molecule has 2 aromatic rings. The van der Waals surface area contributed by atoms with Crippen molar-refractivity contribution >= 4 is 5.97 Å². The highest BCUT2D eigenvalue weighted by Crippen LogP contribution is 2.22. The number of aliphatic carboxylic acids is 1. The molecule has 2 rings (SSSR count). The van der Waals surface area contributed by atoms with E-state index in [1.54, 1.807) is 24.3 Å². The fourth-order valence-electron chi connectivity index (χ4n) is 2.24. The molecule has 0 bridgehead atoms. The fourth-order valence-corrected chi connectivity index (χ4v) is 2.24. The summed E-state index contributed by atoms with van der Waals surface area (Å²) in [7, 11) is 0. The Morgan fingerprint density at radius 1 is 1.14 bits per heavy atom. The molecule has 0 amide bonds. The molecule has 2 N–H and O–H groups in total. The first kappa shape index (κ1) is 15.1. The molecule has 4 nitrogen and oxygen atoms in total. The Morgan fingerprint density at radius 3 is 2.38 bits per heavy atom. The van der Waals surface area contributed by atoms with Crippen LogP contribution in [-0.2, 0) is 11.4 Å². The molecule has 4 heteroatoms. The third-order valence-electron chi connectivity index (χ3n) is 3.17. The Labute approximate surface area is 123 Å². The van der Waals surface area contributed by atoms with Crippen LogP contribution in [0, 0.1) is 13.8 Å². The van der Waals surface area contributed by atoms with Crippen LogP contribution in [0.3, 0.4) is 0 Å². The number of benzene rings is 2. The number of hydrogen-bond donors (Lipinski definition) is 2. The number of carbonyl (C=O) groups is 1. The van der Waals surface area contributed by atoms with Gasteiger partial charge in [0.25, 0.3) is 0 Å². The maximum atomic E-state index is 10.9. The lowest BCUT2D eigenvalue weighted by atomic mass is 10.0. The van der Waals surface area contributed by atoms with Crippen molar-refractivity contribution in [2.45, 2.75) is 26.6 Å². The average molecular weight is 286 g/mol. The fraction of sp³-hybridized carbons (Fsp3) is 0.235. The molecule has 21 heavy (non-hydrogen) atoms. The first-order chi connectivity index (χ1) is 9.97. The molecule has 1 atom stereocenters. The molecule has 0 aliphatic heterocycles. The lowest BCUT2D eigenvalue weighted by Gasteiger charge is -2.14. The van der Waals surface area contributed by atoms with Gasteiger partial charge in [-0.2, -0.15) is 0 Å². The smallest absolute Gasteiger partial charge is 0.337 e. The minimum absolute atomic E-state index is 0.212. The van der Waals surface area contributed by atoms with Gasteiger partial charge in [-0.15, -0.1) is 0 Å². The summed E-state index contributed by atoms with van der Waals surface area (Å²) in [5.74, 6) is -0.541. The Balaban J connectivity index is 2.18. The monoisotopic (exact) mass is 286 g/mol. The van der Waals surface area contributed by atoms with E-state index in [1.807, 2.05) is 26.0 Å². The van der Waals surface area contributed by atoms with E-state index in [-0.39, 0.29) is 6.61 Å². The molecule has 0 fully saturated rings.